The van der Waals surface area contributed by atoms with Crippen LogP contribution in [0.15, 0.2) is 18.2 Å². The van der Waals surface area contributed by atoms with E-state index in [-0.39, 0.29) is 0 Å². The summed E-state index contributed by atoms with van der Waals surface area (Å²) in [7, 11) is -4.67. The lowest BCUT2D eigenvalue weighted by Crippen LogP contribution is -2.02. The Morgan fingerprint density at radius 3 is 0.755 bits per heavy atom. The number of hydrogen-bond donors (Lipinski definition) is 2. The van der Waals surface area contributed by atoms with E-state index < -0.39 is 10.4 Å². The molecule has 0 atom stereocenters. The van der Waals surface area contributed by atoms with Crippen molar-refractivity contribution >= 4 is 10.4 Å². The van der Waals surface area contributed by atoms with Gasteiger partial charge in [0.2, 0.25) is 0 Å². The molecule has 0 fully saturated rings. The highest BCUT2D eigenvalue weighted by atomic mass is 32.3. The fraction of sp³-hybridized carbons (Fsp3) is 0.875. The third kappa shape index (κ3) is 40.6. The van der Waals surface area contributed by atoms with Crippen LogP contribution in [0.4, 0.5) is 0 Å². The van der Waals surface area contributed by atoms with Crippen LogP contribution in [0.1, 0.15) is 269 Å². The lowest BCUT2D eigenvalue weighted by Gasteiger charge is -2.16. The highest BCUT2D eigenvalue weighted by Crippen LogP contribution is 2.24. The Morgan fingerprint density at radius 2 is 0.528 bits per heavy atom. The molecule has 53 heavy (non-hydrogen) atoms. The van der Waals surface area contributed by atoms with E-state index in [1.165, 1.54) is 250 Å². The van der Waals surface area contributed by atoms with Gasteiger partial charge in [0, 0.05) is 0 Å². The molecule has 5 heteroatoms. The number of hydrogen-bond acceptors (Lipinski definition) is 2. The second-order valence-electron chi connectivity index (χ2n) is 16.4. The molecule has 1 aromatic carbocycles. The minimum atomic E-state index is -4.67. The van der Waals surface area contributed by atoms with E-state index in [0.717, 1.165) is 0 Å². The third-order valence-electron chi connectivity index (χ3n) is 11.2. The lowest BCUT2D eigenvalue weighted by atomic mass is 9.90. The maximum atomic E-state index is 8.74. The molecule has 0 aliphatic heterocycles. The molecule has 0 aromatic heterocycles. The average Bonchev–Trinajstić information content (AvgIpc) is 3.13. The van der Waals surface area contributed by atoms with Crippen molar-refractivity contribution < 1.29 is 17.5 Å². The zero-order valence-electron chi connectivity index (χ0n) is 35.9. The van der Waals surface area contributed by atoms with Gasteiger partial charge in [0.15, 0.2) is 0 Å². The Hall–Kier alpha value is -0.910. The van der Waals surface area contributed by atoms with Crippen LogP contribution in [0.25, 0.3) is 0 Å². The quantitative estimate of drug-likeness (QED) is 0.0517. The van der Waals surface area contributed by atoms with Gasteiger partial charge in [-0.15, -0.1) is 0 Å². The van der Waals surface area contributed by atoms with Crippen LogP contribution >= 0.6 is 0 Å². The van der Waals surface area contributed by atoms with Gasteiger partial charge >= 0.3 is 10.4 Å². The van der Waals surface area contributed by atoms with Crippen LogP contribution in [0, 0.1) is 0 Å². The maximum absolute atomic E-state index is 8.74. The van der Waals surface area contributed by atoms with Gasteiger partial charge in [-0.3, -0.25) is 9.11 Å². The summed E-state index contributed by atoms with van der Waals surface area (Å²) in [6.07, 6.45) is 56.0. The summed E-state index contributed by atoms with van der Waals surface area (Å²) in [4.78, 5) is 0. The van der Waals surface area contributed by atoms with E-state index in [2.05, 4.69) is 39.0 Å². The fourth-order valence-electron chi connectivity index (χ4n) is 7.93. The molecule has 0 radical (unpaired) electrons. The van der Waals surface area contributed by atoms with E-state index in [4.69, 9.17) is 17.5 Å². The van der Waals surface area contributed by atoms with Gasteiger partial charge in [-0.25, -0.2) is 0 Å². The first-order valence-electron chi connectivity index (χ1n) is 23.6. The summed E-state index contributed by atoms with van der Waals surface area (Å²) in [6, 6.07) is 7.40. The van der Waals surface area contributed by atoms with Crippen molar-refractivity contribution in [3.05, 3.63) is 34.9 Å². The fourth-order valence-corrected chi connectivity index (χ4v) is 7.93. The smallest absolute Gasteiger partial charge is 0.264 e. The molecule has 2 N–H and O–H groups in total. The van der Waals surface area contributed by atoms with Crippen LogP contribution in [0.2, 0.25) is 0 Å². The average molecular weight is 765 g/mol. The van der Waals surface area contributed by atoms with Gasteiger partial charge in [-0.05, 0) is 55.2 Å². The molecule has 0 saturated heterocycles. The van der Waals surface area contributed by atoms with E-state index in [1.54, 1.807) is 16.7 Å². The van der Waals surface area contributed by atoms with E-state index in [9.17, 15) is 0 Å². The Bertz CT molecular complexity index is 922. The molecule has 0 spiro atoms. The Morgan fingerprint density at radius 1 is 0.340 bits per heavy atom. The van der Waals surface area contributed by atoms with Gasteiger partial charge < -0.3 is 0 Å². The lowest BCUT2D eigenvalue weighted by molar-refractivity contribution is 0.381. The zero-order valence-corrected chi connectivity index (χ0v) is 36.7. The molecule has 1 rings (SSSR count). The molecule has 0 unspecified atom stereocenters. The van der Waals surface area contributed by atoms with Gasteiger partial charge in [-0.1, -0.05) is 251 Å². The molecule has 0 bridgehead atoms. The maximum Gasteiger partial charge on any atom is 0.394 e. The van der Waals surface area contributed by atoms with Crippen molar-refractivity contribution in [2.75, 3.05) is 0 Å². The summed E-state index contributed by atoms with van der Waals surface area (Å²) < 4.78 is 31.6. The van der Waals surface area contributed by atoms with E-state index >= 15 is 0 Å². The zero-order chi connectivity index (χ0) is 38.9. The molecule has 0 amide bonds. The minimum Gasteiger partial charge on any atom is -0.264 e. The summed E-state index contributed by atoms with van der Waals surface area (Å²) in [5.74, 6) is 0. The highest BCUT2D eigenvalue weighted by Gasteiger charge is 2.09. The van der Waals surface area contributed by atoms with Gasteiger partial charge in [0.25, 0.3) is 0 Å². The predicted molar refractivity (Wildman–Crippen MR) is 235 cm³/mol. The van der Waals surface area contributed by atoms with Crippen molar-refractivity contribution in [1.82, 2.24) is 0 Å². The molecule has 4 nitrogen and oxygen atoms in total. The van der Waals surface area contributed by atoms with Crippen LogP contribution in [0.3, 0.4) is 0 Å². The Labute approximate surface area is 332 Å². The van der Waals surface area contributed by atoms with Crippen molar-refractivity contribution in [2.45, 2.75) is 271 Å². The normalized spacial score (nSPS) is 11.6. The second kappa shape index (κ2) is 40.7. The van der Waals surface area contributed by atoms with Crippen LogP contribution in [-0.4, -0.2) is 17.5 Å². The first-order chi connectivity index (χ1) is 25.8. The first kappa shape index (κ1) is 52.1. The van der Waals surface area contributed by atoms with Crippen molar-refractivity contribution in [3.8, 4) is 0 Å². The second-order valence-corrected chi connectivity index (χ2v) is 17.3. The summed E-state index contributed by atoms with van der Waals surface area (Å²) in [6.45, 7) is 6.95. The van der Waals surface area contributed by atoms with Gasteiger partial charge in [0.05, 0.1) is 0 Å². The van der Waals surface area contributed by atoms with Crippen molar-refractivity contribution in [1.29, 1.82) is 0 Å². The minimum absolute atomic E-state index is 1.32. The Balaban J connectivity index is 0.00000504. The molecular formula is C48H92O4S. The van der Waals surface area contributed by atoms with Crippen LogP contribution in [0.5, 0.6) is 0 Å². The molecular weight excluding hydrogens is 673 g/mol. The van der Waals surface area contributed by atoms with Crippen LogP contribution in [-0.2, 0) is 29.7 Å². The standard InChI is InChI=1S/C48H90.H2O4S/c1-4-7-10-13-16-19-22-25-28-31-34-37-41-46-43-40-44-47(42-38-35-32-29-26-23-20-17-14-11-8-5-2)48(46)45-39-36-33-30-27-24-21-18-15-12-9-6-3;1-5(2,3)4/h40,43-44H,4-39,41-42,45H2,1-3H3;(H2,1,2,3,4). The van der Waals surface area contributed by atoms with Crippen LogP contribution < -0.4 is 0 Å². The SMILES string of the molecule is CCCCCCCCCCCCCCc1cccc(CCCCCCCCCCCCCC)c1CCCCCCCCCCCCCC.O=S(=O)(O)O. The number of benzene rings is 1. The van der Waals surface area contributed by atoms with Gasteiger partial charge in [-0.2, -0.15) is 8.42 Å². The number of aryl methyl sites for hydroxylation is 2. The summed E-state index contributed by atoms with van der Waals surface area (Å²) in [5.41, 5.74) is 5.19. The summed E-state index contributed by atoms with van der Waals surface area (Å²) >= 11 is 0. The monoisotopic (exact) mass is 765 g/mol. The molecule has 314 valence electrons. The molecule has 0 heterocycles. The van der Waals surface area contributed by atoms with Crippen molar-refractivity contribution in [3.63, 3.8) is 0 Å². The molecule has 0 aliphatic rings. The van der Waals surface area contributed by atoms with E-state index in [0.29, 0.717) is 0 Å². The number of unbranched alkanes of at least 4 members (excludes halogenated alkanes) is 33. The first-order valence-corrected chi connectivity index (χ1v) is 25.0. The molecule has 1 aromatic rings. The number of rotatable bonds is 39. The largest absolute Gasteiger partial charge is 0.394 e. The topological polar surface area (TPSA) is 74.6 Å². The predicted octanol–water partition coefficient (Wildman–Crippen LogP) is 16.8. The van der Waals surface area contributed by atoms with E-state index in [1.807, 2.05) is 0 Å². The molecule has 0 saturated carbocycles. The van der Waals surface area contributed by atoms with Gasteiger partial charge in [0.1, 0.15) is 0 Å². The molecule has 0 aliphatic carbocycles. The highest BCUT2D eigenvalue weighted by molar-refractivity contribution is 7.79. The third-order valence-corrected chi connectivity index (χ3v) is 11.2. The van der Waals surface area contributed by atoms with Crippen molar-refractivity contribution in [2.24, 2.45) is 0 Å². The Kier molecular flexibility index (Phi) is 40.0. The summed E-state index contributed by atoms with van der Waals surface area (Å²) in [5, 5.41) is 0.